The number of para-hydroxylation sites is 1. The van der Waals surface area contributed by atoms with Gasteiger partial charge in [0, 0.05) is 33.5 Å². The van der Waals surface area contributed by atoms with E-state index in [9.17, 15) is 0 Å². The Morgan fingerprint density at radius 1 is 0.266 bits per heavy atom. The smallest absolute Gasteiger partial charge is 0.0547 e. The van der Waals surface area contributed by atoms with E-state index < -0.39 is 0 Å². The van der Waals surface area contributed by atoms with Crippen molar-refractivity contribution in [2.75, 3.05) is 4.90 Å². The summed E-state index contributed by atoms with van der Waals surface area (Å²) in [4.78, 5) is 2.45. The van der Waals surface area contributed by atoms with Crippen LogP contribution in [-0.2, 0) is 0 Å². The van der Waals surface area contributed by atoms with Crippen LogP contribution >= 0.6 is 0 Å². The summed E-state index contributed by atoms with van der Waals surface area (Å²) >= 11 is 0. The standard InChI is InChI=1S/C62H40N2/c1-3-15-41(16-4-1)44-21-13-23-49(35-44)63(51-36-47-22-14-27-56-53-24-9-10-25-54(53)59(40-51)62(47)56)50-33-34-52(57(39-50)42-17-5-2-6-18-42)43-29-31-48(32-30-43)64-60-28-12-11-26-55(60)58-37-45-19-7-8-20-46(45)38-61(58)64/h1-40H. The van der Waals surface area contributed by atoms with Gasteiger partial charge < -0.3 is 9.47 Å². The maximum absolute atomic E-state index is 2.45. The summed E-state index contributed by atoms with van der Waals surface area (Å²) in [5, 5.41) is 7.59. The molecule has 0 fully saturated rings. The quantitative estimate of drug-likeness (QED) is 0.156. The highest BCUT2D eigenvalue weighted by Crippen LogP contribution is 2.51. The van der Waals surface area contributed by atoms with Gasteiger partial charge in [0.1, 0.15) is 0 Å². The van der Waals surface area contributed by atoms with E-state index in [0.717, 1.165) is 22.7 Å². The summed E-state index contributed by atoms with van der Waals surface area (Å²) in [7, 11) is 0. The average molecular weight is 813 g/mol. The van der Waals surface area contributed by atoms with Crippen molar-refractivity contribution in [1.29, 1.82) is 0 Å². The third-order valence-corrected chi connectivity index (χ3v) is 13.3. The molecular weight excluding hydrogens is 773 g/mol. The third-order valence-electron chi connectivity index (χ3n) is 13.3. The molecule has 0 N–H and O–H groups in total. The van der Waals surface area contributed by atoms with E-state index in [-0.39, 0.29) is 0 Å². The van der Waals surface area contributed by atoms with Crippen LogP contribution in [0.1, 0.15) is 0 Å². The molecule has 298 valence electrons. The zero-order valence-electron chi connectivity index (χ0n) is 35.0. The first-order chi connectivity index (χ1) is 31.7. The van der Waals surface area contributed by atoms with Crippen LogP contribution in [0.25, 0.3) is 105 Å². The maximum atomic E-state index is 2.45. The highest BCUT2D eigenvalue weighted by molar-refractivity contribution is 6.17. The fourth-order valence-electron chi connectivity index (χ4n) is 10.3. The van der Waals surface area contributed by atoms with Gasteiger partial charge in [-0.1, -0.05) is 176 Å². The molecule has 0 saturated heterocycles. The Morgan fingerprint density at radius 3 is 1.67 bits per heavy atom. The first kappa shape index (κ1) is 36.2. The monoisotopic (exact) mass is 812 g/mol. The van der Waals surface area contributed by atoms with E-state index >= 15 is 0 Å². The second-order valence-corrected chi connectivity index (χ2v) is 16.9. The lowest BCUT2D eigenvalue weighted by Crippen LogP contribution is -2.10. The lowest BCUT2D eigenvalue weighted by atomic mass is 9.93. The molecule has 1 aliphatic rings. The molecule has 1 aliphatic carbocycles. The average Bonchev–Trinajstić information content (AvgIpc) is 3.86. The molecule has 11 aromatic carbocycles. The lowest BCUT2D eigenvalue weighted by molar-refractivity contribution is 1.18. The number of fused-ring (bicyclic) bond motifs is 7. The predicted molar refractivity (Wildman–Crippen MR) is 271 cm³/mol. The molecule has 0 aliphatic heterocycles. The summed E-state index contributed by atoms with van der Waals surface area (Å²) in [6, 6.07) is 89.1. The lowest BCUT2D eigenvalue weighted by Gasteiger charge is -2.28. The Kier molecular flexibility index (Phi) is 8.25. The van der Waals surface area contributed by atoms with Crippen LogP contribution < -0.4 is 4.90 Å². The van der Waals surface area contributed by atoms with Crippen LogP contribution in [0, 0.1) is 0 Å². The molecule has 0 saturated carbocycles. The summed E-state index contributed by atoms with van der Waals surface area (Å²) in [5.41, 5.74) is 19.1. The molecule has 0 amide bonds. The van der Waals surface area contributed by atoms with E-state index in [0.29, 0.717) is 0 Å². The molecular formula is C62H40N2. The zero-order valence-corrected chi connectivity index (χ0v) is 35.0. The van der Waals surface area contributed by atoms with Crippen LogP contribution in [0.5, 0.6) is 0 Å². The highest BCUT2D eigenvalue weighted by Gasteiger charge is 2.25. The second kappa shape index (κ2) is 14.6. The van der Waals surface area contributed by atoms with Crippen molar-refractivity contribution >= 4 is 60.4 Å². The van der Waals surface area contributed by atoms with Crippen molar-refractivity contribution in [2.45, 2.75) is 0 Å². The van der Waals surface area contributed by atoms with Gasteiger partial charge in [-0.05, 0) is 144 Å². The van der Waals surface area contributed by atoms with E-state index in [1.165, 1.54) is 99.0 Å². The number of aromatic nitrogens is 1. The fourth-order valence-corrected chi connectivity index (χ4v) is 10.3. The van der Waals surface area contributed by atoms with Crippen LogP contribution in [-0.4, -0.2) is 4.57 Å². The van der Waals surface area contributed by atoms with Gasteiger partial charge in [-0.25, -0.2) is 0 Å². The molecule has 2 heteroatoms. The largest absolute Gasteiger partial charge is 0.310 e. The summed E-state index contributed by atoms with van der Waals surface area (Å²) < 4.78 is 2.42. The number of anilines is 3. The topological polar surface area (TPSA) is 8.17 Å². The summed E-state index contributed by atoms with van der Waals surface area (Å²) in [6.07, 6.45) is 0. The zero-order chi connectivity index (χ0) is 42.1. The highest BCUT2D eigenvalue weighted by atomic mass is 15.1. The minimum atomic E-state index is 1.09. The van der Waals surface area contributed by atoms with Crippen molar-refractivity contribution in [1.82, 2.24) is 4.57 Å². The first-order valence-corrected chi connectivity index (χ1v) is 22.1. The molecule has 0 spiro atoms. The van der Waals surface area contributed by atoms with Crippen molar-refractivity contribution in [3.8, 4) is 61.3 Å². The fraction of sp³-hybridized carbons (Fsp3) is 0. The molecule has 13 rings (SSSR count). The van der Waals surface area contributed by atoms with Crippen molar-refractivity contribution in [2.24, 2.45) is 0 Å². The Bertz CT molecular complexity index is 3770. The molecule has 1 heterocycles. The first-order valence-electron chi connectivity index (χ1n) is 22.1. The summed E-state index contributed by atoms with van der Waals surface area (Å²) in [5.74, 6) is 0. The predicted octanol–water partition coefficient (Wildman–Crippen LogP) is 17.2. The van der Waals surface area contributed by atoms with Gasteiger partial charge >= 0.3 is 0 Å². The van der Waals surface area contributed by atoms with Gasteiger partial charge in [-0.15, -0.1) is 0 Å². The molecule has 2 nitrogen and oxygen atoms in total. The van der Waals surface area contributed by atoms with E-state index in [2.05, 4.69) is 252 Å². The van der Waals surface area contributed by atoms with Crippen molar-refractivity contribution in [3.63, 3.8) is 0 Å². The normalized spacial score (nSPS) is 11.8. The van der Waals surface area contributed by atoms with Gasteiger partial charge in [-0.2, -0.15) is 0 Å². The molecule has 12 aromatic rings. The van der Waals surface area contributed by atoms with Gasteiger partial charge in [0.05, 0.1) is 11.0 Å². The Morgan fingerprint density at radius 2 is 0.859 bits per heavy atom. The SMILES string of the molecule is c1ccc(-c2cccc(N(c3ccc(-c4ccc(-n5c6ccccc6c6cc7ccccc7cc65)cc4)c(-c4ccccc4)c3)c3cc4c5c(cccc5c3)-c3ccccc3-4)c2)cc1. The van der Waals surface area contributed by atoms with Gasteiger partial charge in [0.2, 0.25) is 0 Å². The Labute approximate surface area is 372 Å². The minimum absolute atomic E-state index is 1.09. The van der Waals surface area contributed by atoms with Crippen molar-refractivity contribution in [3.05, 3.63) is 243 Å². The Balaban J connectivity index is 0.984. The Hall–Kier alpha value is -8.46. The van der Waals surface area contributed by atoms with Gasteiger partial charge in [0.15, 0.2) is 0 Å². The van der Waals surface area contributed by atoms with Crippen LogP contribution in [0.15, 0.2) is 243 Å². The second-order valence-electron chi connectivity index (χ2n) is 16.9. The minimum Gasteiger partial charge on any atom is -0.310 e. The van der Waals surface area contributed by atoms with Crippen LogP contribution in [0.4, 0.5) is 17.1 Å². The van der Waals surface area contributed by atoms with Gasteiger partial charge in [-0.3, -0.25) is 0 Å². The molecule has 0 bridgehead atoms. The van der Waals surface area contributed by atoms with E-state index in [1.807, 2.05) is 0 Å². The molecule has 0 atom stereocenters. The van der Waals surface area contributed by atoms with Gasteiger partial charge in [0.25, 0.3) is 0 Å². The van der Waals surface area contributed by atoms with Crippen LogP contribution in [0.3, 0.4) is 0 Å². The molecule has 0 radical (unpaired) electrons. The van der Waals surface area contributed by atoms with E-state index in [4.69, 9.17) is 0 Å². The van der Waals surface area contributed by atoms with Crippen molar-refractivity contribution < 1.29 is 0 Å². The number of rotatable bonds is 7. The number of hydrogen-bond donors (Lipinski definition) is 0. The molecule has 0 unspecified atom stereocenters. The maximum Gasteiger partial charge on any atom is 0.0547 e. The molecule has 1 aromatic heterocycles. The van der Waals surface area contributed by atoms with Crippen LogP contribution in [0.2, 0.25) is 0 Å². The number of benzene rings is 11. The summed E-state index contributed by atoms with van der Waals surface area (Å²) in [6.45, 7) is 0. The molecule has 64 heavy (non-hydrogen) atoms. The third kappa shape index (κ3) is 5.81. The number of nitrogens with zero attached hydrogens (tertiary/aromatic N) is 2. The van der Waals surface area contributed by atoms with E-state index in [1.54, 1.807) is 0 Å². The number of hydrogen-bond acceptors (Lipinski definition) is 1.